The molecule has 3 aromatic rings. The van der Waals surface area contributed by atoms with Crippen LogP contribution in [0.3, 0.4) is 0 Å². The number of hydrogen-bond donors (Lipinski definition) is 2. The van der Waals surface area contributed by atoms with Crippen molar-refractivity contribution in [1.29, 1.82) is 0 Å². The molecule has 1 amide bonds. The van der Waals surface area contributed by atoms with Crippen molar-refractivity contribution in [2.24, 2.45) is 0 Å². The Morgan fingerprint density at radius 1 is 1.00 bits per heavy atom. The molecular formula is C30H33F3N2O3. The van der Waals surface area contributed by atoms with Crippen LogP contribution in [0, 0.1) is 0 Å². The number of benzene rings is 3. The summed E-state index contributed by atoms with van der Waals surface area (Å²) in [5.41, 5.74) is 2.58. The number of carbonyl (C=O) groups is 1. The number of ether oxygens (including phenoxy) is 2. The lowest BCUT2D eigenvalue weighted by atomic mass is 9.95. The van der Waals surface area contributed by atoms with E-state index in [-0.39, 0.29) is 11.9 Å². The van der Waals surface area contributed by atoms with Crippen LogP contribution in [0.4, 0.5) is 13.2 Å². The fourth-order valence-electron chi connectivity index (χ4n) is 4.18. The van der Waals surface area contributed by atoms with Crippen LogP contribution in [-0.2, 0) is 22.1 Å². The maximum absolute atomic E-state index is 13.2. The third kappa shape index (κ3) is 7.94. The zero-order chi connectivity index (χ0) is 27.5. The van der Waals surface area contributed by atoms with Crippen molar-refractivity contribution >= 4 is 12.0 Å². The van der Waals surface area contributed by atoms with E-state index < -0.39 is 17.8 Å². The van der Waals surface area contributed by atoms with Crippen LogP contribution in [-0.4, -0.2) is 33.3 Å². The normalized spacial score (nSPS) is 13.0. The molecule has 0 aliphatic carbocycles. The van der Waals surface area contributed by atoms with Gasteiger partial charge in [0.05, 0.1) is 19.3 Å². The van der Waals surface area contributed by atoms with E-state index >= 15 is 0 Å². The molecule has 202 valence electrons. The molecule has 3 rings (SSSR count). The Kier molecular flexibility index (Phi) is 10.5. The number of hydrogen-bond acceptors (Lipinski definition) is 4. The Bertz CT molecular complexity index is 1180. The molecule has 0 bridgehead atoms. The molecule has 5 nitrogen and oxygen atoms in total. The van der Waals surface area contributed by atoms with Crippen molar-refractivity contribution in [2.75, 3.05) is 27.4 Å². The van der Waals surface area contributed by atoms with E-state index in [9.17, 15) is 18.0 Å². The lowest BCUT2D eigenvalue weighted by Gasteiger charge is -2.27. The molecular weight excluding hydrogens is 493 g/mol. The van der Waals surface area contributed by atoms with Crippen molar-refractivity contribution in [3.05, 3.63) is 107 Å². The Morgan fingerprint density at radius 2 is 1.71 bits per heavy atom. The van der Waals surface area contributed by atoms with Gasteiger partial charge in [-0.3, -0.25) is 10.1 Å². The number of aryl methyl sites for hydroxylation is 1. The number of alkyl halides is 3. The van der Waals surface area contributed by atoms with Gasteiger partial charge in [0.2, 0.25) is 5.91 Å². The van der Waals surface area contributed by atoms with E-state index in [0.29, 0.717) is 31.7 Å². The average molecular weight is 527 g/mol. The van der Waals surface area contributed by atoms with Gasteiger partial charge in [-0.2, -0.15) is 13.2 Å². The summed E-state index contributed by atoms with van der Waals surface area (Å²) in [6.45, 7) is 4.56. The minimum absolute atomic E-state index is 0.206. The fraction of sp³-hybridized carbons (Fsp3) is 0.300. The highest BCUT2D eigenvalue weighted by atomic mass is 19.4. The lowest BCUT2D eigenvalue weighted by molar-refractivity contribution is -0.137. The largest absolute Gasteiger partial charge is 0.496 e. The van der Waals surface area contributed by atoms with Crippen molar-refractivity contribution < 1.29 is 27.4 Å². The van der Waals surface area contributed by atoms with E-state index in [2.05, 4.69) is 17.2 Å². The quantitative estimate of drug-likeness (QED) is 0.263. The third-order valence-corrected chi connectivity index (χ3v) is 6.25. The summed E-state index contributed by atoms with van der Waals surface area (Å²) < 4.78 is 49.6. The first-order chi connectivity index (χ1) is 18.3. The standard InChI is InChI=1S/C30H33F3N2O3/c1-4-22-13-14-24(20-27(22)38-3)26(17-12-21-10-15-25(16-11-21)30(31,32)33)35-28(23-8-6-5-7-9-23)29(36)34-18-19-37-2/h4-11,13-16,20,26,28,35H,1,12,17-19H2,2-3H3,(H,34,36)/t26?,28-/m0/s1. The van der Waals surface area contributed by atoms with Crippen molar-refractivity contribution in [1.82, 2.24) is 10.6 Å². The molecule has 2 N–H and O–H groups in total. The molecule has 0 saturated carbocycles. The molecule has 0 aromatic heterocycles. The molecule has 0 saturated heterocycles. The first-order valence-electron chi connectivity index (χ1n) is 12.3. The second-order valence-electron chi connectivity index (χ2n) is 8.79. The van der Waals surface area contributed by atoms with E-state index in [1.807, 2.05) is 48.5 Å². The molecule has 0 fully saturated rings. The number of amides is 1. The highest BCUT2D eigenvalue weighted by Gasteiger charge is 2.30. The Labute approximate surface area is 221 Å². The van der Waals surface area contributed by atoms with Crippen LogP contribution in [0.25, 0.3) is 6.08 Å². The monoisotopic (exact) mass is 526 g/mol. The van der Waals surface area contributed by atoms with Crippen LogP contribution in [0.5, 0.6) is 5.75 Å². The highest BCUT2D eigenvalue weighted by Crippen LogP contribution is 2.31. The number of methoxy groups -OCH3 is 2. The van der Waals surface area contributed by atoms with Crippen LogP contribution in [0.15, 0.2) is 79.4 Å². The average Bonchev–Trinajstić information content (AvgIpc) is 2.93. The van der Waals surface area contributed by atoms with Gasteiger partial charge < -0.3 is 14.8 Å². The zero-order valence-electron chi connectivity index (χ0n) is 21.6. The summed E-state index contributed by atoms with van der Waals surface area (Å²) >= 11 is 0. The molecule has 0 spiro atoms. The zero-order valence-corrected chi connectivity index (χ0v) is 21.6. The van der Waals surface area contributed by atoms with E-state index in [1.165, 1.54) is 12.1 Å². The second-order valence-corrected chi connectivity index (χ2v) is 8.79. The number of rotatable bonds is 13. The smallest absolute Gasteiger partial charge is 0.416 e. The second kappa shape index (κ2) is 13.8. The molecule has 3 aromatic carbocycles. The summed E-state index contributed by atoms with van der Waals surface area (Å²) in [6, 6.07) is 19.3. The van der Waals surface area contributed by atoms with Gasteiger partial charge in [-0.15, -0.1) is 0 Å². The molecule has 1 unspecified atom stereocenters. The summed E-state index contributed by atoms with van der Waals surface area (Å²) in [6.07, 6.45) is -1.67. The fourth-order valence-corrected chi connectivity index (χ4v) is 4.18. The summed E-state index contributed by atoms with van der Waals surface area (Å²) in [7, 11) is 3.14. The van der Waals surface area contributed by atoms with Crippen LogP contribution < -0.4 is 15.4 Å². The topological polar surface area (TPSA) is 59.6 Å². The van der Waals surface area contributed by atoms with Gasteiger partial charge in [0.1, 0.15) is 11.8 Å². The van der Waals surface area contributed by atoms with Gasteiger partial charge in [-0.05, 0) is 47.7 Å². The van der Waals surface area contributed by atoms with Crippen molar-refractivity contribution in [2.45, 2.75) is 31.1 Å². The summed E-state index contributed by atoms with van der Waals surface area (Å²) in [5.74, 6) is 0.432. The van der Waals surface area contributed by atoms with E-state index in [4.69, 9.17) is 9.47 Å². The number of halogens is 3. The Hall–Kier alpha value is -3.62. The van der Waals surface area contributed by atoms with Crippen molar-refractivity contribution in [3.8, 4) is 5.75 Å². The summed E-state index contributed by atoms with van der Waals surface area (Å²) in [4.78, 5) is 13.2. The van der Waals surface area contributed by atoms with Gasteiger partial charge in [-0.25, -0.2) is 0 Å². The van der Waals surface area contributed by atoms with Gasteiger partial charge in [0, 0.05) is 25.3 Å². The molecule has 0 radical (unpaired) electrons. The van der Waals surface area contributed by atoms with E-state index in [0.717, 1.165) is 34.4 Å². The third-order valence-electron chi connectivity index (χ3n) is 6.25. The SMILES string of the molecule is C=Cc1ccc(C(CCc2ccc(C(F)(F)F)cc2)N[C@H](C(=O)NCCOC)c2ccccc2)cc1OC. The molecule has 0 aliphatic rings. The predicted molar refractivity (Wildman–Crippen MR) is 143 cm³/mol. The number of carbonyl (C=O) groups excluding carboxylic acids is 1. The minimum atomic E-state index is -4.38. The molecule has 38 heavy (non-hydrogen) atoms. The van der Waals surface area contributed by atoms with Gasteiger partial charge in [0.15, 0.2) is 0 Å². The maximum Gasteiger partial charge on any atom is 0.416 e. The van der Waals surface area contributed by atoms with Crippen molar-refractivity contribution in [3.63, 3.8) is 0 Å². The van der Waals surface area contributed by atoms with Gasteiger partial charge >= 0.3 is 6.18 Å². The Balaban J connectivity index is 1.92. The maximum atomic E-state index is 13.2. The molecule has 0 aliphatic heterocycles. The Morgan fingerprint density at radius 3 is 2.32 bits per heavy atom. The van der Waals surface area contributed by atoms with Crippen LogP contribution >= 0.6 is 0 Å². The lowest BCUT2D eigenvalue weighted by Crippen LogP contribution is -2.40. The van der Waals surface area contributed by atoms with Crippen LogP contribution in [0.1, 0.15) is 46.3 Å². The number of nitrogens with one attached hydrogen (secondary N) is 2. The molecule has 8 heteroatoms. The predicted octanol–water partition coefficient (Wildman–Crippen LogP) is 6.12. The van der Waals surface area contributed by atoms with Gasteiger partial charge in [-0.1, -0.05) is 67.3 Å². The van der Waals surface area contributed by atoms with Gasteiger partial charge in [0.25, 0.3) is 0 Å². The van der Waals surface area contributed by atoms with Crippen LogP contribution in [0.2, 0.25) is 0 Å². The molecule has 2 atom stereocenters. The summed E-state index contributed by atoms with van der Waals surface area (Å²) in [5, 5.41) is 6.40. The van der Waals surface area contributed by atoms with E-state index in [1.54, 1.807) is 20.3 Å². The first-order valence-corrected chi connectivity index (χ1v) is 12.3. The first kappa shape index (κ1) is 28.9. The molecule has 0 heterocycles. The minimum Gasteiger partial charge on any atom is -0.496 e. The highest BCUT2D eigenvalue weighted by molar-refractivity contribution is 5.83.